The summed E-state index contributed by atoms with van der Waals surface area (Å²) >= 11 is 0. The molecule has 0 spiro atoms. The molecule has 2 heterocycles. The van der Waals surface area contributed by atoms with Gasteiger partial charge in [-0.25, -0.2) is 4.39 Å². The molecule has 1 amide bonds. The number of halogens is 1. The second-order valence-electron chi connectivity index (χ2n) is 5.92. The topological polar surface area (TPSA) is 47.4 Å². The molecule has 0 aliphatic carbocycles. The van der Waals surface area contributed by atoms with Crippen LogP contribution in [-0.2, 0) is 23.1 Å². The van der Waals surface area contributed by atoms with Gasteiger partial charge in [-0.05, 0) is 12.5 Å². The van der Waals surface area contributed by atoms with Crippen LogP contribution in [0.4, 0.5) is 4.39 Å². The lowest BCUT2D eigenvalue weighted by molar-refractivity contribution is -0.136. The van der Waals surface area contributed by atoms with Crippen LogP contribution < -0.4 is 0 Å². The first-order valence-corrected chi connectivity index (χ1v) is 7.65. The Morgan fingerprint density at radius 2 is 2.26 bits per heavy atom. The minimum Gasteiger partial charge on any atom is -0.373 e. The molecule has 3 rings (SSSR count). The fourth-order valence-corrected chi connectivity index (χ4v) is 3.00. The molecule has 122 valence electrons. The number of nitrogens with zero attached hydrogens (tertiary/aromatic N) is 3. The third kappa shape index (κ3) is 3.27. The fourth-order valence-electron chi connectivity index (χ4n) is 3.00. The molecular weight excluding hydrogens is 297 g/mol. The van der Waals surface area contributed by atoms with E-state index in [1.54, 1.807) is 41.0 Å². The molecule has 1 fully saturated rings. The van der Waals surface area contributed by atoms with E-state index in [9.17, 15) is 9.18 Å². The molecule has 1 aromatic heterocycles. The van der Waals surface area contributed by atoms with E-state index >= 15 is 0 Å². The van der Waals surface area contributed by atoms with Crippen LogP contribution >= 0.6 is 0 Å². The fraction of sp³-hybridized carbons (Fsp3) is 0.412. The number of amides is 1. The van der Waals surface area contributed by atoms with Crippen molar-refractivity contribution >= 4 is 5.91 Å². The van der Waals surface area contributed by atoms with Crippen LogP contribution in [-0.4, -0.2) is 34.2 Å². The first kappa shape index (κ1) is 15.7. The molecule has 0 N–H and O–H groups in total. The van der Waals surface area contributed by atoms with Gasteiger partial charge in [0.1, 0.15) is 5.82 Å². The van der Waals surface area contributed by atoms with E-state index < -0.39 is 0 Å². The van der Waals surface area contributed by atoms with E-state index in [1.165, 1.54) is 6.07 Å². The number of carbonyl (C=O) groups excluding carboxylic acids is 1. The van der Waals surface area contributed by atoms with Crippen LogP contribution in [0.25, 0.3) is 0 Å². The molecule has 0 saturated carbocycles. The molecule has 0 unspecified atom stereocenters. The van der Waals surface area contributed by atoms with Crippen molar-refractivity contribution in [2.75, 3.05) is 13.7 Å². The van der Waals surface area contributed by atoms with Crippen molar-refractivity contribution in [3.63, 3.8) is 0 Å². The SMILES string of the molecule is CN(Cc1ccccc1F)C(=O)[C@H]1CCO[C@@H]1c1cnn(C)c1. The van der Waals surface area contributed by atoms with Crippen LogP contribution in [0, 0.1) is 11.7 Å². The molecule has 2 atom stereocenters. The molecular formula is C17H20FN3O2. The third-order valence-electron chi connectivity index (χ3n) is 4.20. The maximum absolute atomic E-state index is 13.8. The molecule has 23 heavy (non-hydrogen) atoms. The van der Waals surface area contributed by atoms with E-state index in [2.05, 4.69) is 5.10 Å². The van der Waals surface area contributed by atoms with Gasteiger partial charge >= 0.3 is 0 Å². The monoisotopic (exact) mass is 317 g/mol. The van der Waals surface area contributed by atoms with Crippen LogP contribution in [0.3, 0.4) is 0 Å². The van der Waals surface area contributed by atoms with Crippen molar-refractivity contribution < 1.29 is 13.9 Å². The van der Waals surface area contributed by atoms with Gasteiger partial charge in [-0.3, -0.25) is 9.48 Å². The number of hydrogen-bond donors (Lipinski definition) is 0. The predicted octanol–water partition coefficient (Wildman–Crippen LogP) is 2.30. The third-order valence-corrected chi connectivity index (χ3v) is 4.20. The maximum Gasteiger partial charge on any atom is 0.228 e. The number of hydrogen-bond acceptors (Lipinski definition) is 3. The molecule has 5 nitrogen and oxygen atoms in total. The summed E-state index contributed by atoms with van der Waals surface area (Å²) in [4.78, 5) is 14.3. The van der Waals surface area contributed by atoms with Gasteiger partial charge in [-0.1, -0.05) is 18.2 Å². The first-order valence-electron chi connectivity index (χ1n) is 7.65. The lowest BCUT2D eigenvalue weighted by Gasteiger charge is -2.24. The second kappa shape index (κ2) is 6.50. The maximum atomic E-state index is 13.8. The summed E-state index contributed by atoms with van der Waals surface area (Å²) < 4.78 is 21.2. The summed E-state index contributed by atoms with van der Waals surface area (Å²) in [5.41, 5.74) is 1.42. The molecule has 6 heteroatoms. The van der Waals surface area contributed by atoms with Crippen LogP contribution in [0.1, 0.15) is 23.7 Å². The zero-order valence-electron chi connectivity index (χ0n) is 13.3. The molecule has 0 radical (unpaired) electrons. The Hall–Kier alpha value is -2.21. The Kier molecular flexibility index (Phi) is 4.43. The number of aromatic nitrogens is 2. The Balaban J connectivity index is 1.72. The van der Waals surface area contributed by atoms with Gasteiger partial charge in [-0.15, -0.1) is 0 Å². The van der Waals surface area contributed by atoms with Crippen molar-refractivity contribution in [2.45, 2.75) is 19.1 Å². The van der Waals surface area contributed by atoms with Gasteiger partial charge < -0.3 is 9.64 Å². The first-order chi connectivity index (χ1) is 11.1. The highest BCUT2D eigenvalue weighted by atomic mass is 19.1. The predicted molar refractivity (Wildman–Crippen MR) is 82.9 cm³/mol. The van der Waals surface area contributed by atoms with Crippen LogP contribution in [0.15, 0.2) is 36.7 Å². The van der Waals surface area contributed by atoms with Crippen molar-refractivity contribution in [3.8, 4) is 0 Å². The highest BCUT2D eigenvalue weighted by molar-refractivity contribution is 5.79. The quantitative estimate of drug-likeness (QED) is 0.869. The lowest BCUT2D eigenvalue weighted by atomic mass is 9.96. The van der Waals surface area contributed by atoms with Crippen molar-refractivity contribution in [2.24, 2.45) is 13.0 Å². The normalized spacial score (nSPS) is 20.7. The van der Waals surface area contributed by atoms with Gasteiger partial charge in [0.2, 0.25) is 5.91 Å². The zero-order valence-corrected chi connectivity index (χ0v) is 13.3. The number of rotatable bonds is 4. The Morgan fingerprint density at radius 3 is 2.96 bits per heavy atom. The van der Waals surface area contributed by atoms with Gasteiger partial charge in [-0.2, -0.15) is 5.10 Å². The summed E-state index contributed by atoms with van der Waals surface area (Å²) in [5, 5.41) is 4.14. The second-order valence-corrected chi connectivity index (χ2v) is 5.92. The van der Waals surface area contributed by atoms with Gasteiger partial charge in [0.05, 0.1) is 18.2 Å². The highest BCUT2D eigenvalue weighted by Crippen LogP contribution is 2.35. The largest absolute Gasteiger partial charge is 0.373 e. The Morgan fingerprint density at radius 1 is 1.48 bits per heavy atom. The van der Waals surface area contributed by atoms with Crippen molar-refractivity contribution in [1.29, 1.82) is 0 Å². The minimum atomic E-state index is -0.293. The lowest BCUT2D eigenvalue weighted by Crippen LogP contribution is -2.34. The van der Waals surface area contributed by atoms with Crippen molar-refractivity contribution in [1.82, 2.24) is 14.7 Å². The van der Waals surface area contributed by atoms with E-state index in [1.807, 2.05) is 13.2 Å². The average Bonchev–Trinajstić information content (AvgIpc) is 3.17. The van der Waals surface area contributed by atoms with E-state index in [0.29, 0.717) is 18.6 Å². The number of aryl methyl sites for hydroxylation is 1. The number of benzene rings is 1. The van der Waals surface area contributed by atoms with Crippen molar-refractivity contribution in [3.05, 3.63) is 53.6 Å². The molecule has 0 bridgehead atoms. The Labute approximate surface area is 134 Å². The molecule has 1 aromatic carbocycles. The molecule has 1 aliphatic heterocycles. The Bertz CT molecular complexity index is 701. The summed E-state index contributed by atoms with van der Waals surface area (Å²) in [5.74, 6) is -0.575. The molecule has 1 aliphatic rings. The van der Waals surface area contributed by atoms with Gasteiger partial charge in [0, 0.05) is 44.6 Å². The summed E-state index contributed by atoms with van der Waals surface area (Å²) in [6.07, 6.45) is 3.99. The van der Waals surface area contributed by atoms with E-state index in [4.69, 9.17) is 4.74 Å². The average molecular weight is 317 g/mol. The molecule has 2 aromatic rings. The van der Waals surface area contributed by atoms with Crippen LogP contribution in [0.2, 0.25) is 0 Å². The summed E-state index contributed by atoms with van der Waals surface area (Å²) in [7, 11) is 3.53. The minimum absolute atomic E-state index is 0.0281. The number of ether oxygens (including phenoxy) is 1. The standard InChI is InChI=1S/C17H20FN3O2/c1-20(10-12-5-3-4-6-15(12)18)17(22)14-7-8-23-16(14)13-9-19-21(2)11-13/h3-6,9,11,14,16H,7-8,10H2,1-2H3/t14-,16+/m0/s1. The molecule has 1 saturated heterocycles. The summed E-state index contributed by atoms with van der Waals surface area (Å²) in [6.45, 7) is 0.797. The highest BCUT2D eigenvalue weighted by Gasteiger charge is 2.37. The summed E-state index contributed by atoms with van der Waals surface area (Å²) in [6, 6.07) is 6.52. The smallest absolute Gasteiger partial charge is 0.228 e. The zero-order chi connectivity index (χ0) is 16.4. The van der Waals surface area contributed by atoms with Crippen LogP contribution in [0.5, 0.6) is 0 Å². The van der Waals surface area contributed by atoms with E-state index in [-0.39, 0.29) is 30.3 Å². The van der Waals surface area contributed by atoms with Gasteiger partial charge in [0.15, 0.2) is 0 Å². The van der Waals surface area contributed by atoms with Gasteiger partial charge in [0.25, 0.3) is 0 Å². The number of carbonyl (C=O) groups is 1. The van der Waals surface area contributed by atoms with E-state index in [0.717, 1.165) is 5.56 Å².